The van der Waals surface area contributed by atoms with Crippen molar-refractivity contribution in [1.29, 1.82) is 0 Å². The number of hydrogen-bond acceptors (Lipinski definition) is 3. The molecule has 23 heavy (non-hydrogen) atoms. The topological polar surface area (TPSA) is 58.6 Å². The Morgan fingerprint density at radius 1 is 1.43 bits per heavy atom. The molecular formula is C16H20ClFN2O3. The van der Waals surface area contributed by atoms with E-state index in [9.17, 15) is 14.0 Å². The Labute approximate surface area is 139 Å². The minimum absolute atomic E-state index is 0.0990. The SMILES string of the molecule is C[C@@H]1CN(C(=O)OC(C)(C)C)C(c2ccc(F)c(Cl)c2)C(=O)N1. The molecule has 0 aliphatic carbocycles. The molecular weight excluding hydrogens is 323 g/mol. The van der Waals surface area contributed by atoms with Crippen LogP contribution in [0.15, 0.2) is 18.2 Å². The van der Waals surface area contributed by atoms with Crippen molar-refractivity contribution in [3.05, 3.63) is 34.6 Å². The first kappa shape index (κ1) is 17.5. The molecule has 2 amide bonds. The van der Waals surface area contributed by atoms with Gasteiger partial charge in [0.25, 0.3) is 0 Å². The van der Waals surface area contributed by atoms with Crippen LogP contribution in [0.1, 0.15) is 39.3 Å². The molecule has 5 nitrogen and oxygen atoms in total. The zero-order chi connectivity index (χ0) is 17.4. The second-order valence-electron chi connectivity index (χ2n) is 6.62. The molecule has 1 N–H and O–H groups in total. The third-order valence-corrected chi connectivity index (χ3v) is 3.60. The summed E-state index contributed by atoms with van der Waals surface area (Å²) in [4.78, 5) is 26.2. The molecule has 1 heterocycles. The maximum absolute atomic E-state index is 13.4. The monoisotopic (exact) mass is 342 g/mol. The van der Waals surface area contributed by atoms with Crippen molar-refractivity contribution in [2.45, 2.75) is 45.4 Å². The molecule has 126 valence electrons. The van der Waals surface area contributed by atoms with Gasteiger partial charge in [-0.1, -0.05) is 17.7 Å². The Kier molecular flexibility index (Phi) is 4.84. The lowest BCUT2D eigenvalue weighted by atomic mass is 10.0. The van der Waals surface area contributed by atoms with E-state index in [1.54, 1.807) is 27.7 Å². The van der Waals surface area contributed by atoms with Gasteiger partial charge in [-0.25, -0.2) is 9.18 Å². The van der Waals surface area contributed by atoms with Crippen molar-refractivity contribution in [3.63, 3.8) is 0 Å². The molecule has 0 aromatic heterocycles. The third kappa shape index (κ3) is 4.13. The van der Waals surface area contributed by atoms with E-state index in [4.69, 9.17) is 16.3 Å². The number of benzene rings is 1. The maximum Gasteiger partial charge on any atom is 0.411 e. The number of amides is 2. The Morgan fingerprint density at radius 2 is 2.09 bits per heavy atom. The standard InChI is InChI=1S/C16H20ClFN2O3/c1-9-8-20(15(22)23-16(2,3)4)13(14(21)19-9)10-5-6-12(18)11(17)7-10/h5-7,9,13H,8H2,1-4H3,(H,19,21)/t9-,13?/m1/s1. The number of halogens is 2. The first-order valence-electron chi connectivity index (χ1n) is 7.33. The second-order valence-corrected chi connectivity index (χ2v) is 7.03. The van der Waals surface area contributed by atoms with E-state index in [1.165, 1.54) is 23.1 Å². The number of ether oxygens (including phenoxy) is 1. The van der Waals surface area contributed by atoms with Gasteiger partial charge in [-0.2, -0.15) is 0 Å². The lowest BCUT2D eigenvalue weighted by Gasteiger charge is -2.39. The van der Waals surface area contributed by atoms with Gasteiger partial charge in [-0.15, -0.1) is 0 Å². The molecule has 1 aliphatic rings. The van der Waals surface area contributed by atoms with Crippen LogP contribution in [-0.4, -0.2) is 35.1 Å². The first-order valence-corrected chi connectivity index (χ1v) is 7.71. The predicted octanol–water partition coefficient (Wildman–Crippen LogP) is 3.28. The van der Waals surface area contributed by atoms with Crippen LogP contribution in [0.25, 0.3) is 0 Å². The van der Waals surface area contributed by atoms with Crippen molar-refractivity contribution in [2.75, 3.05) is 6.54 Å². The summed E-state index contributed by atoms with van der Waals surface area (Å²) in [5.41, 5.74) is -0.245. The smallest absolute Gasteiger partial charge is 0.411 e. The molecule has 0 spiro atoms. The Balaban J connectivity index is 2.37. The van der Waals surface area contributed by atoms with Crippen LogP contribution in [0.5, 0.6) is 0 Å². The zero-order valence-corrected chi connectivity index (χ0v) is 14.3. The van der Waals surface area contributed by atoms with Crippen LogP contribution in [0.4, 0.5) is 9.18 Å². The summed E-state index contributed by atoms with van der Waals surface area (Å²) in [6, 6.07) is 2.87. The molecule has 0 saturated carbocycles. The van der Waals surface area contributed by atoms with Gasteiger partial charge < -0.3 is 10.1 Å². The number of carbonyl (C=O) groups excluding carboxylic acids is 2. The van der Waals surface area contributed by atoms with Crippen LogP contribution in [-0.2, 0) is 9.53 Å². The molecule has 1 fully saturated rings. The highest BCUT2D eigenvalue weighted by Crippen LogP contribution is 2.29. The number of rotatable bonds is 1. The van der Waals surface area contributed by atoms with Gasteiger partial charge in [0.2, 0.25) is 5.91 Å². The number of hydrogen-bond donors (Lipinski definition) is 1. The van der Waals surface area contributed by atoms with E-state index >= 15 is 0 Å². The zero-order valence-electron chi connectivity index (χ0n) is 13.5. The normalized spacial score (nSPS) is 21.8. The van der Waals surface area contributed by atoms with Crippen molar-refractivity contribution >= 4 is 23.6 Å². The molecule has 2 atom stereocenters. The van der Waals surface area contributed by atoms with Crippen LogP contribution in [0, 0.1) is 5.82 Å². The van der Waals surface area contributed by atoms with Gasteiger partial charge >= 0.3 is 6.09 Å². The summed E-state index contributed by atoms with van der Waals surface area (Å²) in [5, 5.41) is 2.69. The van der Waals surface area contributed by atoms with E-state index in [0.717, 1.165) is 0 Å². The average Bonchev–Trinajstić information content (AvgIpc) is 2.39. The van der Waals surface area contributed by atoms with E-state index in [1.807, 2.05) is 0 Å². The highest BCUT2D eigenvalue weighted by Gasteiger charge is 2.39. The van der Waals surface area contributed by atoms with Crippen LogP contribution in [0.2, 0.25) is 5.02 Å². The number of nitrogens with zero attached hydrogens (tertiary/aromatic N) is 1. The van der Waals surface area contributed by atoms with Crippen LogP contribution < -0.4 is 5.32 Å². The number of nitrogens with one attached hydrogen (secondary N) is 1. The molecule has 0 bridgehead atoms. The lowest BCUT2D eigenvalue weighted by Crippen LogP contribution is -2.57. The van der Waals surface area contributed by atoms with Crippen LogP contribution in [0.3, 0.4) is 0 Å². The fourth-order valence-electron chi connectivity index (χ4n) is 2.42. The molecule has 1 aliphatic heterocycles. The van der Waals surface area contributed by atoms with E-state index < -0.39 is 23.6 Å². The van der Waals surface area contributed by atoms with Crippen molar-refractivity contribution in [1.82, 2.24) is 10.2 Å². The van der Waals surface area contributed by atoms with E-state index in [2.05, 4.69) is 5.32 Å². The minimum Gasteiger partial charge on any atom is -0.444 e. The fraction of sp³-hybridized carbons (Fsp3) is 0.500. The van der Waals surface area contributed by atoms with Gasteiger partial charge in [-0.3, -0.25) is 9.69 Å². The van der Waals surface area contributed by atoms with E-state index in [0.29, 0.717) is 12.1 Å². The molecule has 2 rings (SSSR count). The Morgan fingerprint density at radius 3 is 2.65 bits per heavy atom. The molecule has 1 unspecified atom stereocenters. The van der Waals surface area contributed by atoms with Gasteiger partial charge in [0.1, 0.15) is 17.5 Å². The number of piperazine rings is 1. The summed E-state index contributed by atoms with van der Waals surface area (Å²) in [7, 11) is 0. The van der Waals surface area contributed by atoms with Gasteiger partial charge in [0.05, 0.1) is 5.02 Å². The lowest BCUT2D eigenvalue weighted by molar-refractivity contribution is -0.130. The van der Waals surface area contributed by atoms with Crippen molar-refractivity contribution < 1.29 is 18.7 Å². The summed E-state index contributed by atoms with van der Waals surface area (Å²) in [6.45, 7) is 7.34. The summed E-state index contributed by atoms with van der Waals surface area (Å²) >= 11 is 5.80. The fourth-order valence-corrected chi connectivity index (χ4v) is 2.61. The van der Waals surface area contributed by atoms with E-state index in [-0.39, 0.29) is 17.0 Å². The quantitative estimate of drug-likeness (QED) is 0.852. The van der Waals surface area contributed by atoms with Crippen LogP contribution >= 0.6 is 11.6 Å². The Hall–Kier alpha value is -1.82. The molecule has 1 aromatic carbocycles. The summed E-state index contributed by atoms with van der Waals surface area (Å²) < 4.78 is 18.7. The first-order chi connectivity index (χ1) is 10.6. The number of carbonyl (C=O) groups is 2. The Bertz CT molecular complexity index is 630. The largest absolute Gasteiger partial charge is 0.444 e. The average molecular weight is 343 g/mol. The summed E-state index contributed by atoms with van der Waals surface area (Å²) in [6.07, 6.45) is -0.593. The minimum atomic E-state index is -0.904. The molecule has 1 saturated heterocycles. The molecule has 1 aromatic rings. The van der Waals surface area contributed by atoms with Gasteiger partial charge in [0, 0.05) is 12.6 Å². The summed E-state index contributed by atoms with van der Waals surface area (Å²) in [5.74, 6) is -0.930. The maximum atomic E-state index is 13.4. The highest BCUT2D eigenvalue weighted by atomic mass is 35.5. The molecule has 7 heteroatoms. The van der Waals surface area contributed by atoms with Crippen molar-refractivity contribution in [3.8, 4) is 0 Å². The van der Waals surface area contributed by atoms with Crippen molar-refractivity contribution in [2.24, 2.45) is 0 Å². The second kappa shape index (κ2) is 6.35. The predicted molar refractivity (Wildman–Crippen MR) is 84.7 cm³/mol. The van der Waals surface area contributed by atoms with Gasteiger partial charge in [-0.05, 0) is 45.4 Å². The van der Waals surface area contributed by atoms with Gasteiger partial charge in [0.15, 0.2) is 0 Å². The molecule has 0 radical (unpaired) electrons. The third-order valence-electron chi connectivity index (χ3n) is 3.31. The highest BCUT2D eigenvalue weighted by molar-refractivity contribution is 6.30.